The lowest BCUT2D eigenvalue weighted by atomic mass is 9.77. The lowest BCUT2D eigenvalue weighted by molar-refractivity contribution is -0.156. The van der Waals surface area contributed by atoms with Gasteiger partial charge in [-0.1, -0.05) is 12.1 Å². The van der Waals surface area contributed by atoms with Gasteiger partial charge in [-0.05, 0) is 49.9 Å². The normalized spacial score (nSPS) is 18.1. The zero-order valence-electron chi connectivity index (χ0n) is 25.1. The van der Waals surface area contributed by atoms with Crippen LogP contribution in [0.3, 0.4) is 0 Å². The Hall–Kier alpha value is -4.39. The maximum absolute atomic E-state index is 13.6. The number of hydrogen-bond donors (Lipinski definition) is 2. The van der Waals surface area contributed by atoms with Crippen molar-refractivity contribution in [2.24, 2.45) is 5.41 Å². The van der Waals surface area contributed by atoms with E-state index >= 15 is 0 Å². The molecule has 0 aliphatic carbocycles. The molecule has 13 nitrogen and oxygen atoms in total. The number of fused-ring (bicyclic) bond motifs is 2. The van der Waals surface area contributed by atoms with Gasteiger partial charge in [-0.15, -0.1) is 0 Å². The number of nitrogens with zero attached hydrogens (tertiary/aromatic N) is 2. The maximum Gasteiger partial charge on any atom is 0.314 e. The molecule has 2 bridgehead atoms. The van der Waals surface area contributed by atoms with E-state index in [9.17, 15) is 19.2 Å². The lowest BCUT2D eigenvalue weighted by Gasteiger charge is -2.32. The number of pyridine rings is 1. The summed E-state index contributed by atoms with van der Waals surface area (Å²) < 4.78 is 26.9. The maximum atomic E-state index is 13.6. The fourth-order valence-corrected chi connectivity index (χ4v) is 4.77. The van der Waals surface area contributed by atoms with Gasteiger partial charge < -0.3 is 39.2 Å². The smallest absolute Gasteiger partial charge is 0.314 e. The highest BCUT2D eigenvalue weighted by Gasteiger charge is 2.40. The van der Waals surface area contributed by atoms with Gasteiger partial charge in [0.2, 0.25) is 17.7 Å². The van der Waals surface area contributed by atoms with Gasteiger partial charge in [-0.25, -0.2) is 0 Å². The summed E-state index contributed by atoms with van der Waals surface area (Å²) in [6.07, 6.45) is 1.14. The summed E-state index contributed by atoms with van der Waals surface area (Å²) >= 11 is 0. The van der Waals surface area contributed by atoms with Crippen molar-refractivity contribution >= 4 is 23.7 Å². The number of nitrogens with one attached hydrogen (secondary N) is 2. The van der Waals surface area contributed by atoms with Gasteiger partial charge in [-0.2, -0.15) is 4.98 Å². The average Bonchev–Trinajstić information content (AvgIpc) is 3.01. The predicted octanol–water partition coefficient (Wildman–Crippen LogP) is 1.38. The highest BCUT2D eigenvalue weighted by molar-refractivity contribution is 5.98. The minimum absolute atomic E-state index is 0.000476. The summed E-state index contributed by atoms with van der Waals surface area (Å²) in [7, 11) is 4.38. The van der Waals surface area contributed by atoms with Crippen LogP contribution in [0, 0.1) is 5.41 Å². The number of esters is 1. The number of hydrogen-bond acceptors (Lipinski definition) is 10. The Morgan fingerprint density at radius 1 is 1.07 bits per heavy atom. The second kappa shape index (κ2) is 16.3. The van der Waals surface area contributed by atoms with Crippen molar-refractivity contribution in [2.75, 3.05) is 67.3 Å². The monoisotopic (exact) mass is 600 g/mol. The topological polar surface area (TPSA) is 155 Å². The molecule has 1 aliphatic rings. The first kappa shape index (κ1) is 33.1. The molecule has 1 aliphatic heterocycles. The molecule has 1 aromatic heterocycles. The molecule has 1 aromatic carbocycles. The molecule has 2 heterocycles. The molecule has 2 N–H and O–H groups in total. The lowest BCUT2D eigenvalue weighted by Crippen LogP contribution is -2.49. The number of aromatic nitrogens is 1. The van der Waals surface area contributed by atoms with Crippen LogP contribution >= 0.6 is 0 Å². The van der Waals surface area contributed by atoms with E-state index in [0.29, 0.717) is 25.2 Å². The summed E-state index contributed by atoms with van der Waals surface area (Å²) in [5.74, 6) is -1.17. The zero-order valence-corrected chi connectivity index (χ0v) is 25.1. The molecule has 13 heteroatoms. The Balaban J connectivity index is 1.96. The van der Waals surface area contributed by atoms with Gasteiger partial charge in [0, 0.05) is 39.4 Å². The van der Waals surface area contributed by atoms with Gasteiger partial charge in [-0.3, -0.25) is 19.2 Å². The first-order valence-electron chi connectivity index (χ1n) is 14.0. The van der Waals surface area contributed by atoms with Gasteiger partial charge in [0.05, 0.1) is 32.8 Å². The molecule has 0 saturated carbocycles. The fraction of sp³-hybridized carbons (Fsp3) is 0.500. The third-order valence-corrected chi connectivity index (χ3v) is 6.94. The number of benzene rings is 1. The molecule has 3 rings (SSSR count). The van der Waals surface area contributed by atoms with Crippen molar-refractivity contribution < 1.29 is 42.9 Å². The number of carbonyl (C=O) groups excluding carboxylic acids is 4. The molecule has 2 aromatic rings. The van der Waals surface area contributed by atoms with Gasteiger partial charge >= 0.3 is 5.97 Å². The molecule has 43 heavy (non-hydrogen) atoms. The SMILES string of the molecule is CCOC(=O)C1(CCCOC)CNC(=O)CN(C(=O)c2ccc(OC)nc2OC)CCNC(=O)COc2cccc(c2)C1. The summed E-state index contributed by atoms with van der Waals surface area (Å²) in [6, 6.07) is 10.1. The first-order chi connectivity index (χ1) is 20.7. The molecule has 0 spiro atoms. The van der Waals surface area contributed by atoms with Gasteiger partial charge in [0.15, 0.2) is 6.61 Å². The van der Waals surface area contributed by atoms with Crippen LogP contribution in [-0.2, 0) is 30.3 Å². The van der Waals surface area contributed by atoms with E-state index in [-0.39, 0.29) is 63.1 Å². The molecular weight excluding hydrogens is 560 g/mol. The Kier molecular flexibility index (Phi) is 12.6. The second-order valence-electron chi connectivity index (χ2n) is 9.97. The second-order valence-corrected chi connectivity index (χ2v) is 9.97. The minimum atomic E-state index is -1.13. The fourth-order valence-electron chi connectivity index (χ4n) is 4.77. The Bertz CT molecular complexity index is 1270. The number of methoxy groups -OCH3 is 3. The van der Waals surface area contributed by atoms with Crippen molar-refractivity contribution in [2.45, 2.75) is 26.2 Å². The number of carbonyl (C=O) groups is 4. The quantitative estimate of drug-likeness (QED) is 0.319. The highest BCUT2D eigenvalue weighted by Crippen LogP contribution is 2.32. The summed E-state index contributed by atoms with van der Waals surface area (Å²) in [6.45, 7) is 1.70. The van der Waals surface area contributed by atoms with E-state index < -0.39 is 29.1 Å². The Labute approximate surface area is 251 Å². The van der Waals surface area contributed by atoms with E-state index in [1.807, 2.05) is 6.07 Å². The number of rotatable bonds is 9. The average molecular weight is 601 g/mol. The van der Waals surface area contributed by atoms with Crippen LogP contribution in [0.25, 0.3) is 0 Å². The van der Waals surface area contributed by atoms with Crippen molar-refractivity contribution in [3.05, 3.63) is 47.5 Å². The summed E-state index contributed by atoms with van der Waals surface area (Å²) in [5.41, 5.74) is -0.255. The Morgan fingerprint density at radius 3 is 2.60 bits per heavy atom. The van der Waals surface area contributed by atoms with Crippen molar-refractivity contribution in [1.29, 1.82) is 0 Å². The van der Waals surface area contributed by atoms with E-state index in [1.165, 1.54) is 31.3 Å². The summed E-state index contributed by atoms with van der Waals surface area (Å²) in [4.78, 5) is 58.4. The molecular formula is C30H40N4O9. The molecule has 1 unspecified atom stereocenters. The minimum Gasteiger partial charge on any atom is -0.484 e. The van der Waals surface area contributed by atoms with Crippen molar-refractivity contribution in [1.82, 2.24) is 20.5 Å². The third-order valence-electron chi connectivity index (χ3n) is 6.94. The molecule has 234 valence electrons. The van der Waals surface area contributed by atoms with E-state index in [0.717, 1.165) is 5.56 Å². The molecule has 0 saturated heterocycles. The van der Waals surface area contributed by atoms with Gasteiger partial charge in [0.1, 0.15) is 11.3 Å². The molecule has 0 radical (unpaired) electrons. The molecule has 3 amide bonds. The van der Waals surface area contributed by atoms with Crippen molar-refractivity contribution in [3.63, 3.8) is 0 Å². The highest BCUT2D eigenvalue weighted by atomic mass is 16.5. The predicted molar refractivity (Wildman–Crippen MR) is 155 cm³/mol. The first-order valence-corrected chi connectivity index (χ1v) is 14.0. The van der Waals surface area contributed by atoms with Gasteiger partial charge in [0.25, 0.3) is 11.8 Å². The summed E-state index contributed by atoms with van der Waals surface area (Å²) in [5, 5.41) is 5.57. The van der Waals surface area contributed by atoms with Crippen LogP contribution in [0.15, 0.2) is 36.4 Å². The van der Waals surface area contributed by atoms with E-state index in [4.69, 9.17) is 23.7 Å². The van der Waals surface area contributed by atoms with Crippen molar-refractivity contribution in [3.8, 4) is 17.5 Å². The van der Waals surface area contributed by atoms with Crippen LogP contribution in [0.2, 0.25) is 0 Å². The van der Waals surface area contributed by atoms with Crippen LogP contribution in [0.5, 0.6) is 17.5 Å². The standard InChI is InChI=1S/C30H40N4O9/c1-5-42-29(38)30(12-7-15-39-2)17-21-8-6-9-22(16-21)43-19-25(36)31-13-14-34(18-24(35)32-20-30)28(37)23-10-11-26(40-3)33-27(23)41-4/h6,8-11,16H,5,7,12-15,17-20H2,1-4H3,(H,31,36)(H,32,35). The van der Waals surface area contributed by atoms with Crippen LogP contribution < -0.4 is 24.8 Å². The van der Waals surface area contributed by atoms with E-state index in [1.54, 1.807) is 32.2 Å². The molecule has 0 fully saturated rings. The zero-order chi connectivity index (χ0) is 31.2. The number of ether oxygens (including phenoxy) is 5. The largest absolute Gasteiger partial charge is 0.484 e. The van der Waals surface area contributed by atoms with E-state index in [2.05, 4.69) is 15.6 Å². The number of amides is 3. The molecule has 1 atom stereocenters. The van der Waals surface area contributed by atoms with Crippen LogP contribution in [0.1, 0.15) is 35.7 Å². The van der Waals surface area contributed by atoms with Crippen LogP contribution in [-0.4, -0.2) is 101 Å². The third kappa shape index (κ3) is 9.30. The Morgan fingerprint density at radius 2 is 1.88 bits per heavy atom. The van der Waals surface area contributed by atoms with Crippen LogP contribution in [0.4, 0.5) is 0 Å².